The molecule has 4 N–H and O–H groups in total. The Bertz CT molecular complexity index is 373. The van der Waals surface area contributed by atoms with Crippen LogP contribution in [0.25, 0.3) is 0 Å². The second-order valence-corrected chi connectivity index (χ2v) is 2.63. The Balaban J connectivity index is 3.35. The van der Waals surface area contributed by atoms with Crippen LogP contribution in [0.15, 0.2) is 18.2 Å². The minimum atomic E-state index is -4.57. The van der Waals surface area contributed by atoms with Gasteiger partial charge in [0, 0.05) is 0 Å². The number of hydrogen-bond acceptors (Lipinski definition) is 2. The molecule has 0 aliphatic rings. The minimum Gasteiger partial charge on any atom is -0.398 e. The van der Waals surface area contributed by atoms with Crippen LogP contribution in [0.5, 0.6) is 0 Å². The van der Waals surface area contributed by atoms with E-state index in [4.69, 9.17) is 11.5 Å². The minimum absolute atomic E-state index is 0.320. The molecule has 0 aliphatic carbocycles. The topological polar surface area (TPSA) is 69.1 Å². The number of para-hydroxylation sites is 1. The maximum atomic E-state index is 12.3. The first-order valence-electron chi connectivity index (χ1n) is 3.59. The van der Waals surface area contributed by atoms with E-state index < -0.39 is 23.3 Å². The van der Waals surface area contributed by atoms with Crippen molar-refractivity contribution in [1.29, 1.82) is 0 Å². The second kappa shape index (κ2) is 3.21. The molecule has 3 nitrogen and oxygen atoms in total. The van der Waals surface area contributed by atoms with Crippen molar-refractivity contribution >= 4 is 11.6 Å². The van der Waals surface area contributed by atoms with E-state index in [0.717, 1.165) is 18.2 Å². The van der Waals surface area contributed by atoms with Gasteiger partial charge in [0.05, 0.1) is 16.8 Å². The molecule has 0 fully saturated rings. The summed E-state index contributed by atoms with van der Waals surface area (Å²) in [4.78, 5) is 10.7. The summed E-state index contributed by atoms with van der Waals surface area (Å²) < 4.78 is 36.8. The van der Waals surface area contributed by atoms with E-state index in [1.807, 2.05) is 0 Å². The number of carbonyl (C=O) groups excluding carboxylic acids is 1. The quantitative estimate of drug-likeness (QED) is 0.678. The summed E-state index contributed by atoms with van der Waals surface area (Å²) in [7, 11) is 0. The number of halogens is 3. The van der Waals surface area contributed by atoms with Crippen molar-refractivity contribution in [3.63, 3.8) is 0 Å². The number of amides is 1. The van der Waals surface area contributed by atoms with Gasteiger partial charge < -0.3 is 11.5 Å². The third-order valence-corrected chi connectivity index (χ3v) is 1.68. The summed E-state index contributed by atoms with van der Waals surface area (Å²) in [6.45, 7) is 0. The van der Waals surface area contributed by atoms with Gasteiger partial charge in [0.25, 0.3) is 5.91 Å². The first kappa shape index (κ1) is 10.4. The van der Waals surface area contributed by atoms with Gasteiger partial charge in [-0.1, -0.05) is 6.07 Å². The van der Waals surface area contributed by atoms with Crippen molar-refractivity contribution in [2.75, 3.05) is 5.73 Å². The van der Waals surface area contributed by atoms with Crippen molar-refractivity contribution in [2.45, 2.75) is 6.18 Å². The summed E-state index contributed by atoms with van der Waals surface area (Å²) in [5.74, 6) is -0.978. The van der Waals surface area contributed by atoms with Crippen molar-refractivity contribution in [3.05, 3.63) is 29.3 Å². The Morgan fingerprint density at radius 1 is 1.29 bits per heavy atom. The number of nitrogen functional groups attached to an aromatic ring is 1. The third kappa shape index (κ3) is 1.78. The van der Waals surface area contributed by atoms with Crippen LogP contribution >= 0.6 is 0 Å². The smallest absolute Gasteiger partial charge is 0.398 e. The third-order valence-electron chi connectivity index (χ3n) is 1.68. The maximum absolute atomic E-state index is 12.3. The zero-order valence-electron chi connectivity index (χ0n) is 6.93. The largest absolute Gasteiger partial charge is 0.418 e. The van der Waals surface area contributed by atoms with Crippen LogP contribution in [-0.4, -0.2) is 5.91 Å². The van der Waals surface area contributed by atoms with E-state index in [1.165, 1.54) is 0 Å². The van der Waals surface area contributed by atoms with Gasteiger partial charge in [0.1, 0.15) is 0 Å². The standard InChI is InChI=1S/C8H7F3N2O/c9-8(10,11)5-3-1-2-4(6(5)12)7(13)14/h1-3H,12H2,(H2,13,14). The van der Waals surface area contributed by atoms with Crippen molar-refractivity contribution < 1.29 is 18.0 Å². The van der Waals surface area contributed by atoms with Crippen molar-refractivity contribution in [2.24, 2.45) is 5.73 Å². The molecule has 0 bridgehead atoms. The molecule has 0 radical (unpaired) electrons. The van der Waals surface area contributed by atoms with Gasteiger partial charge in [0.15, 0.2) is 0 Å². The monoisotopic (exact) mass is 204 g/mol. The van der Waals surface area contributed by atoms with Gasteiger partial charge in [-0.2, -0.15) is 13.2 Å². The fourth-order valence-corrected chi connectivity index (χ4v) is 1.03. The van der Waals surface area contributed by atoms with Crippen LogP contribution in [0, 0.1) is 0 Å². The molecule has 1 aromatic rings. The predicted molar refractivity (Wildman–Crippen MR) is 44.4 cm³/mol. The lowest BCUT2D eigenvalue weighted by molar-refractivity contribution is -0.136. The zero-order chi connectivity index (χ0) is 10.9. The van der Waals surface area contributed by atoms with E-state index >= 15 is 0 Å². The zero-order valence-corrected chi connectivity index (χ0v) is 6.93. The van der Waals surface area contributed by atoms with Crippen LogP contribution < -0.4 is 11.5 Å². The van der Waals surface area contributed by atoms with Crippen LogP contribution in [0.4, 0.5) is 18.9 Å². The summed E-state index contributed by atoms with van der Waals surface area (Å²) >= 11 is 0. The highest BCUT2D eigenvalue weighted by atomic mass is 19.4. The Morgan fingerprint density at radius 2 is 1.86 bits per heavy atom. The fourth-order valence-electron chi connectivity index (χ4n) is 1.03. The highest BCUT2D eigenvalue weighted by Gasteiger charge is 2.33. The number of rotatable bonds is 1. The molecular weight excluding hydrogens is 197 g/mol. The van der Waals surface area contributed by atoms with Gasteiger partial charge >= 0.3 is 6.18 Å². The first-order chi connectivity index (χ1) is 6.34. The number of alkyl halides is 3. The van der Waals surface area contributed by atoms with Gasteiger partial charge in [-0.05, 0) is 12.1 Å². The van der Waals surface area contributed by atoms with Gasteiger partial charge in [-0.15, -0.1) is 0 Å². The van der Waals surface area contributed by atoms with Crippen molar-refractivity contribution in [3.8, 4) is 0 Å². The molecular formula is C8H7F3N2O. The van der Waals surface area contributed by atoms with Crippen LogP contribution in [0.2, 0.25) is 0 Å². The Morgan fingerprint density at radius 3 is 2.29 bits per heavy atom. The molecule has 0 saturated heterocycles. The molecule has 0 aliphatic heterocycles. The summed E-state index contributed by atoms with van der Waals surface area (Å²) in [6.07, 6.45) is -4.57. The highest BCUT2D eigenvalue weighted by molar-refractivity contribution is 5.98. The number of benzene rings is 1. The Hall–Kier alpha value is -1.72. The number of nitrogens with two attached hydrogens (primary N) is 2. The van der Waals surface area contributed by atoms with Gasteiger partial charge in [-0.25, -0.2) is 0 Å². The molecule has 1 rings (SSSR count). The van der Waals surface area contributed by atoms with Crippen molar-refractivity contribution in [1.82, 2.24) is 0 Å². The van der Waals surface area contributed by atoms with E-state index in [-0.39, 0.29) is 5.56 Å². The number of anilines is 1. The Labute approximate surface area is 77.5 Å². The lowest BCUT2D eigenvalue weighted by atomic mass is 10.1. The molecule has 6 heteroatoms. The average Bonchev–Trinajstić information content (AvgIpc) is 2.01. The van der Waals surface area contributed by atoms with Crippen LogP contribution in [0.3, 0.4) is 0 Å². The highest BCUT2D eigenvalue weighted by Crippen LogP contribution is 2.34. The lowest BCUT2D eigenvalue weighted by Gasteiger charge is -2.11. The lowest BCUT2D eigenvalue weighted by Crippen LogP contribution is -2.17. The molecule has 1 amide bonds. The SMILES string of the molecule is NC(=O)c1cccc(C(F)(F)F)c1N. The van der Waals surface area contributed by atoms with Crippen LogP contribution in [0.1, 0.15) is 15.9 Å². The molecule has 0 saturated carbocycles. The Kier molecular flexibility index (Phi) is 2.37. The van der Waals surface area contributed by atoms with E-state index in [1.54, 1.807) is 0 Å². The molecule has 76 valence electrons. The predicted octanol–water partition coefficient (Wildman–Crippen LogP) is 1.39. The number of primary amides is 1. The summed E-state index contributed by atoms with van der Waals surface area (Å²) in [6, 6.07) is 3.02. The molecule has 0 aromatic heterocycles. The van der Waals surface area contributed by atoms with Gasteiger partial charge in [-0.3, -0.25) is 4.79 Å². The number of hydrogen-bond donors (Lipinski definition) is 2. The van der Waals surface area contributed by atoms with E-state index in [9.17, 15) is 18.0 Å². The normalized spacial score (nSPS) is 11.4. The maximum Gasteiger partial charge on any atom is 0.418 e. The number of carbonyl (C=O) groups is 1. The van der Waals surface area contributed by atoms with Crippen LogP contribution in [-0.2, 0) is 6.18 Å². The molecule has 14 heavy (non-hydrogen) atoms. The fraction of sp³-hybridized carbons (Fsp3) is 0.125. The average molecular weight is 204 g/mol. The molecule has 0 heterocycles. The summed E-state index contributed by atoms with van der Waals surface area (Å²) in [5.41, 5.74) is 7.99. The molecule has 0 atom stereocenters. The van der Waals surface area contributed by atoms with Gasteiger partial charge in [0.2, 0.25) is 0 Å². The van der Waals surface area contributed by atoms with E-state index in [2.05, 4.69) is 0 Å². The second-order valence-electron chi connectivity index (χ2n) is 2.63. The first-order valence-corrected chi connectivity index (χ1v) is 3.59. The molecule has 0 unspecified atom stereocenters. The van der Waals surface area contributed by atoms with E-state index in [0.29, 0.717) is 0 Å². The molecule has 0 spiro atoms. The molecule has 1 aromatic carbocycles. The summed E-state index contributed by atoms with van der Waals surface area (Å²) in [5, 5.41) is 0.